The van der Waals surface area contributed by atoms with Gasteiger partial charge in [-0.3, -0.25) is 0 Å². The Balaban J connectivity index is 1.36. The summed E-state index contributed by atoms with van der Waals surface area (Å²) in [7, 11) is 0. The van der Waals surface area contributed by atoms with Crippen molar-refractivity contribution in [3.8, 4) is 11.5 Å². The molecule has 4 unspecified atom stereocenters. The Bertz CT molecular complexity index is 1080. The number of carbonyl (C=O) groups is 1. The second-order valence-corrected chi connectivity index (χ2v) is 10.5. The lowest BCUT2D eigenvalue weighted by Crippen LogP contribution is -2.31. The lowest BCUT2D eigenvalue weighted by Gasteiger charge is -2.42. The van der Waals surface area contributed by atoms with Gasteiger partial charge in [-0.05, 0) is 119 Å². The van der Waals surface area contributed by atoms with Gasteiger partial charge >= 0.3 is 5.97 Å². The van der Waals surface area contributed by atoms with Crippen LogP contribution in [-0.2, 0) is 0 Å². The molecule has 198 valence electrons. The Labute approximate surface area is 219 Å². The van der Waals surface area contributed by atoms with Crippen LogP contribution in [0.5, 0.6) is 11.5 Å². The maximum Gasteiger partial charge on any atom is 0.343 e. The third-order valence-electron chi connectivity index (χ3n) is 8.04. The monoisotopic (exact) mass is 508 g/mol. The summed E-state index contributed by atoms with van der Waals surface area (Å²) < 4.78 is 41.2. The highest BCUT2D eigenvalue weighted by molar-refractivity contribution is 5.91. The molecule has 2 fully saturated rings. The average Bonchev–Trinajstić information content (AvgIpc) is 2.89. The van der Waals surface area contributed by atoms with Crippen LogP contribution in [0.25, 0.3) is 0 Å². The Hall–Kier alpha value is -2.95. The van der Waals surface area contributed by atoms with Gasteiger partial charge in [-0.25, -0.2) is 13.6 Å². The molecule has 2 aromatic rings. The van der Waals surface area contributed by atoms with Crippen molar-refractivity contribution >= 4 is 5.97 Å². The maximum atomic E-state index is 15.2. The Morgan fingerprint density at radius 2 is 1.54 bits per heavy atom. The van der Waals surface area contributed by atoms with Crippen LogP contribution in [0.1, 0.15) is 87.1 Å². The second kappa shape index (κ2) is 13.0. The van der Waals surface area contributed by atoms with Crippen molar-refractivity contribution in [2.24, 2.45) is 17.8 Å². The summed E-state index contributed by atoms with van der Waals surface area (Å²) in [6.45, 7) is 4.42. The van der Waals surface area contributed by atoms with Gasteiger partial charge in [-0.1, -0.05) is 30.7 Å². The SMILES string of the molecule is C/C=C/CCC1CCC2CC(c3c(F)cc(C(=O)Oc4ccc(OC/C=C/C)cc4)cc3F)CCC2C1. The van der Waals surface area contributed by atoms with E-state index < -0.39 is 17.6 Å². The molecule has 2 aliphatic carbocycles. The van der Waals surface area contributed by atoms with E-state index >= 15 is 8.78 Å². The topological polar surface area (TPSA) is 35.5 Å². The summed E-state index contributed by atoms with van der Waals surface area (Å²) in [5, 5.41) is 0. The zero-order valence-corrected chi connectivity index (χ0v) is 21.9. The van der Waals surface area contributed by atoms with Crippen molar-refractivity contribution in [2.75, 3.05) is 6.61 Å². The molecule has 0 N–H and O–H groups in total. The molecule has 0 aromatic heterocycles. The Morgan fingerprint density at radius 3 is 2.24 bits per heavy atom. The Kier molecular flexibility index (Phi) is 9.54. The van der Waals surface area contributed by atoms with Crippen LogP contribution in [-0.4, -0.2) is 12.6 Å². The number of fused-ring (bicyclic) bond motifs is 1. The minimum absolute atomic E-state index is 0.123. The summed E-state index contributed by atoms with van der Waals surface area (Å²) in [5.74, 6) is 0.670. The molecule has 0 amide bonds. The zero-order valence-electron chi connectivity index (χ0n) is 21.9. The van der Waals surface area contributed by atoms with Crippen LogP contribution in [0.15, 0.2) is 60.7 Å². The van der Waals surface area contributed by atoms with Crippen LogP contribution in [0.4, 0.5) is 8.78 Å². The minimum atomic E-state index is -0.785. The van der Waals surface area contributed by atoms with Crippen LogP contribution in [0, 0.1) is 29.4 Å². The van der Waals surface area contributed by atoms with Crippen molar-refractivity contribution in [3.63, 3.8) is 0 Å². The van der Waals surface area contributed by atoms with Crippen LogP contribution in [0.2, 0.25) is 0 Å². The molecule has 0 radical (unpaired) electrons. The molecule has 2 aromatic carbocycles. The molecule has 0 saturated heterocycles. The number of allylic oxidation sites excluding steroid dienone is 3. The standard InChI is InChI=1S/C32H38F2O3/c1-3-5-7-8-22-9-10-24-19-25(12-11-23(24)18-22)31-29(33)20-26(21-30(31)34)32(35)37-28-15-13-27(14-16-28)36-17-6-4-2/h3-6,13-16,20-25H,7-12,17-19H2,1-2H3/b5-3+,6-4+. The predicted molar refractivity (Wildman–Crippen MR) is 143 cm³/mol. The number of benzene rings is 2. The maximum absolute atomic E-state index is 15.2. The number of hydrogen-bond donors (Lipinski definition) is 0. The van der Waals surface area contributed by atoms with Gasteiger partial charge in [0.15, 0.2) is 0 Å². The zero-order chi connectivity index (χ0) is 26.2. The number of carbonyl (C=O) groups excluding carboxylic acids is 1. The summed E-state index contributed by atoms with van der Waals surface area (Å²) in [6.07, 6.45) is 16.8. The fraction of sp³-hybridized carbons (Fsp3) is 0.469. The van der Waals surface area contributed by atoms with Crippen LogP contribution in [0.3, 0.4) is 0 Å². The third-order valence-corrected chi connectivity index (χ3v) is 8.04. The predicted octanol–water partition coefficient (Wildman–Crippen LogP) is 8.80. The van der Waals surface area contributed by atoms with E-state index in [0.717, 1.165) is 50.2 Å². The number of halogens is 2. The molecular formula is C32H38F2O3. The summed E-state index contributed by atoms with van der Waals surface area (Å²) in [5.41, 5.74) is 0.00956. The lowest BCUT2D eigenvalue weighted by atomic mass is 9.63. The van der Waals surface area contributed by atoms with Crippen molar-refractivity contribution in [2.45, 2.75) is 71.1 Å². The van der Waals surface area contributed by atoms with Gasteiger partial charge in [0.05, 0.1) is 5.56 Å². The Morgan fingerprint density at radius 1 is 0.892 bits per heavy atom. The van der Waals surface area contributed by atoms with E-state index in [9.17, 15) is 4.79 Å². The van der Waals surface area contributed by atoms with E-state index in [-0.39, 0.29) is 22.8 Å². The molecule has 3 nitrogen and oxygen atoms in total. The highest BCUT2D eigenvalue weighted by Gasteiger charge is 2.37. The van der Waals surface area contributed by atoms with Gasteiger partial charge in [0.25, 0.3) is 0 Å². The molecule has 2 aliphatic rings. The largest absolute Gasteiger partial charge is 0.490 e. The average molecular weight is 509 g/mol. The first-order chi connectivity index (χ1) is 18.0. The van der Waals surface area contributed by atoms with Crippen LogP contribution >= 0.6 is 0 Å². The van der Waals surface area contributed by atoms with E-state index in [1.807, 2.05) is 19.1 Å². The molecular weight excluding hydrogens is 470 g/mol. The molecule has 0 spiro atoms. The molecule has 5 heteroatoms. The summed E-state index contributed by atoms with van der Waals surface area (Å²) in [4.78, 5) is 12.6. The van der Waals surface area contributed by atoms with Crippen molar-refractivity contribution < 1.29 is 23.0 Å². The second-order valence-electron chi connectivity index (χ2n) is 10.5. The van der Waals surface area contributed by atoms with Gasteiger partial charge in [-0.15, -0.1) is 0 Å². The fourth-order valence-corrected chi connectivity index (χ4v) is 6.11. The highest BCUT2D eigenvalue weighted by Crippen LogP contribution is 2.49. The molecule has 4 rings (SSSR count). The van der Waals surface area contributed by atoms with Crippen LogP contribution < -0.4 is 9.47 Å². The van der Waals surface area contributed by atoms with E-state index in [1.54, 1.807) is 24.3 Å². The molecule has 2 saturated carbocycles. The molecule has 0 bridgehead atoms. The third kappa shape index (κ3) is 7.09. The van der Waals surface area contributed by atoms with E-state index in [4.69, 9.17) is 9.47 Å². The molecule has 37 heavy (non-hydrogen) atoms. The fourth-order valence-electron chi connectivity index (χ4n) is 6.11. The summed E-state index contributed by atoms with van der Waals surface area (Å²) >= 11 is 0. The normalized spacial score (nSPS) is 23.8. The highest BCUT2D eigenvalue weighted by atomic mass is 19.1. The molecule has 0 aliphatic heterocycles. The van der Waals surface area contributed by atoms with E-state index in [2.05, 4.69) is 19.1 Å². The number of esters is 1. The molecule has 4 atom stereocenters. The van der Waals surface area contributed by atoms with Gasteiger partial charge in [0, 0.05) is 5.56 Å². The van der Waals surface area contributed by atoms with Gasteiger partial charge in [0.2, 0.25) is 0 Å². The minimum Gasteiger partial charge on any atom is -0.490 e. The van der Waals surface area contributed by atoms with Gasteiger partial charge in [0.1, 0.15) is 29.7 Å². The molecule has 0 heterocycles. The van der Waals surface area contributed by atoms with Crippen molar-refractivity contribution in [1.29, 1.82) is 0 Å². The van der Waals surface area contributed by atoms with E-state index in [0.29, 0.717) is 24.2 Å². The smallest absolute Gasteiger partial charge is 0.343 e. The first-order valence-electron chi connectivity index (χ1n) is 13.6. The number of rotatable bonds is 9. The number of ether oxygens (including phenoxy) is 2. The quantitative estimate of drug-likeness (QED) is 0.193. The lowest BCUT2D eigenvalue weighted by molar-refractivity contribution is 0.0733. The van der Waals surface area contributed by atoms with Crippen molar-refractivity contribution in [3.05, 3.63) is 83.5 Å². The van der Waals surface area contributed by atoms with Gasteiger partial charge < -0.3 is 9.47 Å². The van der Waals surface area contributed by atoms with E-state index in [1.165, 1.54) is 19.3 Å². The van der Waals surface area contributed by atoms with Gasteiger partial charge in [-0.2, -0.15) is 0 Å². The van der Waals surface area contributed by atoms with Crippen molar-refractivity contribution in [1.82, 2.24) is 0 Å². The number of hydrogen-bond acceptors (Lipinski definition) is 3. The first-order valence-corrected chi connectivity index (χ1v) is 13.6. The summed E-state index contributed by atoms with van der Waals surface area (Å²) in [6, 6.07) is 8.80. The first kappa shape index (κ1) is 27.1.